The van der Waals surface area contributed by atoms with E-state index >= 15 is 0 Å². The van der Waals surface area contributed by atoms with Crippen molar-refractivity contribution in [2.45, 2.75) is 0 Å². The largest absolute Gasteiger partial charge is 0.282 e. The van der Waals surface area contributed by atoms with Gasteiger partial charge in [0.15, 0.2) is 5.49 Å². The van der Waals surface area contributed by atoms with Gasteiger partial charge in [-0.25, -0.2) is 4.98 Å². The Morgan fingerprint density at radius 3 is 2.75 bits per heavy atom. The number of hydrogen-bond donors (Lipinski definition) is 1. The molecule has 1 aliphatic carbocycles. The van der Waals surface area contributed by atoms with Gasteiger partial charge >= 0.3 is 0 Å². The van der Waals surface area contributed by atoms with E-state index in [2.05, 4.69) is 4.98 Å². The fourth-order valence-electron chi connectivity index (χ4n) is 1.18. The normalized spacial score (nSPS) is 10.0. The lowest BCUT2D eigenvalue weighted by Gasteiger charge is -1.96. The van der Waals surface area contributed by atoms with E-state index in [1.165, 1.54) is 0 Å². The first-order chi connectivity index (χ1) is 5.88. The fraction of sp³-hybridized carbons (Fsp3) is 0. The van der Waals surface area contributed by atoms with Crippen molar-refractivity contribution in [2.75, 3.05) is 0 Å². The summed E-state index contributed by atoms with van der Waals surface area (Å²) in [7, 11) is 0. The Labute approximate surface area is 70.4 Å². The number of pyridine rings is 1. The minimum atomic E-state index is 0.337. The van der Waals surface area contributed by atoms with Crippen molar-refractivity contribution >= 4 is 0 Å². The molecule has 0 radical (unpaired) electrons. The summed E-state index contributed by atoms with van der Waals surface area (Å²) >= 11 is 0. The molecule has 1 heterocycles. The van der Waals surface area contributed by atoms with Crippen molar-refractivity contribution in [1.82, 2.24) is 4.98 Å². The highest BCUT2D eigenvalue weighted by atomic mass is 14.7. The molecule has 0 amide bonds. The minimum Gasteiger partial charge on any atom is -0.282 e. The van der Waals surface area contributed by atoms with E-state index in [1.54, 1.807) is 6.20 Å². The topological polar surface area (TPSA) is 36.7 Å². The molecule has 2 aliphatic rings. The Balaban J connectivity index is 2.88. The van der Waals surface area contributed by atoms with E-state index in [-0.39, 0.29) is 0 Å². The highest BCUT2D eigenvalue weighted by Gasteiger charge is 1.98. The average Bonchev–Trinajstić information content (AvgIpc) is 2.30. The number of rotatable bonds is 0. The predicted molar refractivity (Wildman–Crippen MR) is 46.7 cm³/mol. The molecule has 0 aromatic rings. The second kappa shape index (κ2) is 2.74. The van der Waals surface area contributed by atoms with Crippen molar-refractivity contribution < 1.29 is 0 Å². The number of hydrogen-bond acceptors (Lipinski definition) is 2. The molecule has 0 saturated heterocycles. The summed E-state index contributed by atoms with van der Waals surface area (Å²) < 4.78 is 0. The van der Waals surface area contributed by atoms with E-state index in [4.69, 9.17) is 5.41 Å². The molecule has 1 N–H and O–H groups in total. The molecule has 0 unspecified atom stereocenters. The Morgan fingerprint density at radius 2 is 1.83 bits per heavy atom. The second-order valence-corrected chi connectivity index (χ2v) is 2.57. The lowest BCUT2D eigenvalue weighted by atomic mass is 10.1. The Kier molecular flexibility index (Phi) is 1.59. The quantitative estimate of drug-likeness (QED) is 0.618. The summed E-state index contributed by atoms with van der Waals surface area (Å²) in [5, 5.41) is 7.54. The third-order valence-corrected chi connectivity index (χ3v) is 1.78. The molecular formula is C10H8N2. The first-order valence-corrected chi connectivity index (χ1v) is 3.76. The van der Waals surface area contributed by atoms with Crippen LogP contribution >= 0.6 is 0 Å². The average molecular weight is 156 g/mol. The van der Waals surface area contributed by atoms with E-state index in [0.717, 1.165) is 11.1 Å². The van der Waals surface area contributed by atoms with E-state index in [1.807, 2.05) is 36.4 Å². The van der Waals surface area contributed by atoms with E-state index < -0.39 is 0 Å². The molecule has 2 rings (SSSR count). The SMILES string of the molecule is N=c1nccc2cccccc1-2. The van der Waals surface area contributed by atoms with Crippen LogP contribution in [0.15, 0.2) is 42.6 Å². The highest BCUT2D eigenvalue weighted by Crippen LogP contribution is 2.12. The first-order valence-electron chi connectivity index (χ1n) is 3.76. The van der Waals surface area contributed by atoms with Crippen molar-refractivity contribution in [3.05, 3.63) is 48.1 Å². The molecule has 12 heavy (non-hydrogen) atoms. The zero-order valence-electron chi connectivity index (χ0n) is 6.49. The Bertz CT molecular complexity index is 423. The van der Waals surface area contributed by atoms with Gasteiger partial charge in [0, 0.05) is 11.8 Å². The molecular weight excluding hydrogens is 148 g/mol. The van der Waals surface area contributed by atoms with Crippen molar-refractivity contribution in [3.63, 3.8) is 0 Å². The standard InChI is InChI=1S/C10H8N2/c11-10-9-5-3-1-2-4-8(9)6-7-12-10/h1-7,11H. The summed E-state index contributed by atoms with van der Waals surface area (Å²) in [5.41, 5.74) is 2.28. The third-order valence-electron chi connectivity index (χ3n) is 1.78. The van der Waals surface area contributed by atoms with Crippen molar-refractivity contribution in [2.24, 2.45) is 0 Å². The zero-order chi connectivity index (χ0) is 8.39. The monoisotopic (exact) mass is 156 g/mol. The zero-order valence-corrected chi connectivity index (χ0v) is 6.49. The maximum atomic E-state index is 7.54. The van der Waals surface area contributed by atoms with Gasteiger partial charge in [0.1, 0.15) is 0 Å². The van der Waals surface area contributed by atoms with E-state index in [0.29, 0.717) is 5.49 Å². The van der Waals surface area contributed by atoms with Gasteiger partial charge in [-0.15, -0.1) is 0 Å². The molecule has 0 fully saturated rings. The van der Waals surface area contributed by atoms with Gasteiger partial charge in [0.25, 0.3) is 0 Å². The third kappa shape index (κ3) is 1.07. The molecule has 0 saturated carbocycles. The molecule has 58 valence electrons. The van der Waals surface area contributed by atoms with Gasteiger partial charge in [-0.1, -0.05) is 30.3 Å². The van der Waals surface area contributed by atoms with Crippen LogP contribution in [0.3, 0.4) is 0 Å². The van der Waals surface area contributed by atoms with Crippen LogP contribution in [0.25, 0.3) is 11.1 Å². The van der Waals surface area contributed by atoms with Crippen LogP contribution < -0.4 is 5.49 Å². The molecule has 0 bridgehead atoms. The van der Waals surface area contributed by atoms with Gasteiger partial charge < -0.3 is 0 Å². The predicted octanol–water partition coefficient (Wildman–Crippen LogP) is 1.67. The molecule has 0 spiro atoms. The molecule has 1 aliphatic heterocycles. The Morgan fingerprint density at radius 1 is 1.00 bits per heavy atom. The number of nitrogens with one attached hydrogen (secondary N) is 1. The highest BCUT2D eigenvalue weighted by molar-refractivity contribution is 5.61. The summed E-state index contributed by atoms with van der Waals surface area (Å²) in [6.07, 6.45) is 1.66. The summed E-state index contributed by atoms with van der Waals surface area (Å²) in [6.45, 7) is 0. The Hall–Kier alpha value is -1.70. The van der Waals surface area contributed by atoms with Crippen molar-refractivity contribution in [3.8, 4) is 11.1 Å². The minimum absolute atomic E-state index is 0.337. The summed E-state index contributed by atoms with van der Waals surface area (Å²) in [5.74, 6) is 0. The van der Waals surface area contributed by atoms with Crippen LogP contribution in [-0.4, -0.2) is 4.98 Å². The number of fused-ring (bicyclic) bond motifs is 1. The van der Waals surface area contributed by atoms with Gasteiger partial charge in [-0.05, 0) is 11.6 Å². The van der Waals surface area contributed by atoms with Gasteiger partial charge in [-0.2, -0.15) is 0 Å². The molecule has 0 aromatic carbocycles. The van der Waals surface area contributed by atoms with Crippen LogP contribution in [0.5, 0.6) is 0 Å². The molecule has 2 nitrogen and oxygen atoms in total. The van der Waals surface area contributed by atoms with Crippen LogP contribution in [0, 0.1) is 5.41 Å². The summed E-state index contributed by atoms with van der Waals surface area (Å²) in [4.78, 5) is 3.90. The fourth-order valence-corrected chi connectivity index (χ4v) is 1.18. The van der Waals surface area contributed by atoms with Crippen LogP contribution in [-0.2, 0) is 0 Å². The molecule has 0 atom stereocenters. The lowest BCUT2D eigenvalue weighted by molar-refractivity contribution is 1.10. The van der Waals surface area contributed by atoms with Gasteiger partial charge in [0.05, 0.1) is 0 Å². The van der Waals surface area contributed by atoms with Crippen LogP contribution in [0.2, 0.25) is 0 Å². The number of nitrogens with zero attached hydrogens (tertiary/aromatic N) is 1. The van der Waals surface area contributed by atoms with Crippen LogP contribution in [0.4, 0.5) is 0 Å². The van der Waals surface area contributed by atoms with Crippen molar-refractivity contribution in [1.29, 1.82) is 5.41 Å². The van der Waals surface area contributed by atoms with Crippen LogP contribution in [0.1, 0.15) is 0 Å². The van der Waals surface area contributed by atoms with Gasteiger partial charge in [0.2, 0.25) is 0 Å². The second-order valence-electron chi connectivity index (χ2n) is 2.57. The van der Waals surface area contributed by atoms with Gasteiger partial charge in [-0.3, -0.25) is 5.41 Å². The lowest BCUT2D eigenvalue weighted by Crippen LogP contribution is -2.07. The smallest absolute Gasteiger partial charge is 0.152 e. The molecule has 0 aromatic heterocycles. The molecule has 2 heteroatoms. The first kappa shape index (κ1) is 6.98. The maximum absolute atomic E-state index is 7.54. The summed E-state index contributed by atoms with van der Waals surface area (Å²) in [6, 6.07) is 11.6. The number of aromatic nitrogens is 1. The maximum Gasteiger partial charge on any atom is 0.152 e. The van der Waals surface area contributed by atoms with E-state index in [9.17, 15) is 0 Å².